The quantitative estimate of drug-likeness (QED) is 0.582. The van der Waals surface area contributed by atoms with Crippen LogP contribution >= 0.6 is 11.6 Å². The minimum absolute atomic E-state index is 0.184. The number of carbonyl (C=O) groups excluding carboxylic acids is 1. The van der Waals surface area contributed by atoms with Crippen LogP contribution < -0.4 is 0 Å². The molecule has 0 aliphatic heterocycles. The van der Waals surface area contributed by atoms with E-state index in [0.717, 1.165) is 11.1 Å². The molecule has 86 valence electrons. The second-order valence-electron chi connectivity index (χ2n) is 3.33. The van der Waals surface area contributed by atoms with E-state index in [1.807, 2.05) is 36.4 Å². The van der Waals surface area contributed by atoms with E-state index in [1.54, 1.807) is 0 Å². The standard InChI is InChI=1S/C13H15ClO2/c1-16-13(15)9-8-12-6-3-2-5-11(12)7-4-10-14/h2-7H,8-10H2,1H3. The fourth-order valence-corrected chi connectivity index (χ4v) is 1.52. The molecule has 0 spiro atoms. The van der Waals surface area contributed by atoms with Crippen LogP contribution in [0.5, 0.6) is 0 Å². The molecule has 16 heavy (non-hydrogen) atoms. The third-order valence-electron chi connectivity index (χ3n) is 2.27. The minimum atomic E-state index is -0.184. The number of carbonyl (C=O) groups is 1. The Morgan fingerprint density at radius 2 is 2.19 bits per heavy atom. The molecule has 0 atom stereocenters. The Morgan fingerprint density at radius 1 is 1.44 bits per heavy atom. The van der Waals surface area contributed by atoms with Gasteiger partial charge in [0.05, 0.1) is 7.11 Å². The molecule has 0 aliphatic carbocycles. The summed E-state index contributed by atoms with van der Waals surface area (Å²) in [6.07, 6.45) is 4.95. The number of hydrogen-bond acceptors (Lipinski definition) is 2. The average Bonchev–Trinajstić information content (AvgIpc) is 2.34. The van der Waals surface area contributed by atoms with Crippen molar-refractivity contribution in [1.82, 2.24) is 0 Å². The van der Waals surface area contributed by atoms with Crippen molar-refractivity contribution in [1.29, 1.82) is 0 Å². The molecule has 1 rings (SSSR count). The predicted molar refractivity (Wildman–Crippen MR) is 66.5 cm³/mol. The summed E-state index contributed by atoms with van der Waals surface area (Å²) in [6.45, 7) is 0. The van der Waals surface area contributed by atoms with Crippen molar-refractivity contribution < 1.29 is 9.53 Å². The molecule has 1 aromatic carbocycles. The van der Waals surface area contributed by atoms with Crippen molar-refractivity contribution in [3.63, 3.8) is 0 Å². The highest BCUT2D eigenvalue weighted by Gasteiger charge is 2.03. The van der Waals surface area contributed by atoms with Gasteiger partial charge in [0, 0.05) is 12.3 Å². The first-order valence-corrected chi connectivity index (χ1v) is 5.68. The van der Waals surface area contributed by atoms with Crippen molar-refractivity contribution in [3.05, 3.63) is 41.5 Å². The molecule has 0 N–H and O–H groups in total. The van der Waals surface area contributed by atoms with Crippen LogP contribution in [0.15, 0.2) is 30.3 Å². The molecule has 0 radical (unpaired) electrons. The van der Waals surface area contributed by atoms with Crippen LogP contribution in [-0.4, -0.2) is 19.0 Å². The maximum Gasteiger partial charge on any atom is 0.305 e. The summed E-state index contributed by atoms with van der Waals surface area (Å²) in [5.41, 5.74) is 2.24. The van der Waals surface area contributed by atoms with Crippen molar-refractivity contribution in [2.24, 2.45) is 0 Å². The Labute approximate surface area is 101 Å². The molecular formula is C13H15ClO2. The number of ether oxygens (including phenoxy) is 1. The van der Waals surface area contributed by atoms with Crippen LogP contribution in [0.3, 0.4) is 0 Å². The maximum atomic E-state index is 11.0. The number of hydrogen-bond donors (Lipinski definition) is 0. The van der Waals surface area contributed by atoms with Crippen molar-refractivity contribution in [2.45, 2.75) is 12.8 Å². The van der Waals surface area contributed by atoms with Gasteiger partial charge in [0.15, 0.2) is 0 Å². The summed E-state index contributed by atoms with van der Waals surface area (Å²) in [5.74, 6) is 0.307. The summed E-state index contributed by atoms with van der Waals surface area (Å²) < 4.78 is 4.61. The largest absolute Gasteiger partial charge is 0.469 e. The van der Waals surface area contributed by atoms with Crippen LogP contribution in [0.25, 0.3) is 6.08 Å². The van der Waals surface area contributed by atoms with Gasteiger partial charge in [-0.2, -0.15) is 0 Å². The van der Waals surface area contributed by atoms with Gasteiger partial charge >= 0.3 is 5.97 Å². The van der Waals surface area contributed by atoms with E-state index in [0.29, 0.717) is 18.7 Å². The molecule has 0 unspecified atom stereocenters. The van der Waals surface area contributed by atoms with Gasteiger partial charge in [-0.15, -0.1) is 11.6 Å². The van der Waals surface area contributed by atoms with E-state index in [9.17, 15) is 4.79 Å². The van der Waals surface area contributed by atoms with E-state index >= 15 is 0 Å². The SMILES string of the molecule is COC(=O)CCc1ccccc1C=CCCl. The first-order chi connectivity index (χ1) is 7.77. The summed E-state index contributed by atoms with van der Waals surface area (Å²) >= 11 is 5.59. The first kappa shape index (κ1) is 12.8. The number of benzene rings is 1. The van der Waals surface area contributed by atoms with E-state index < -0.39 is 0 Å². The van der Waals surface area contributed by atoms with Gasteiger partial charge in [0.1, 0.15) is 0 Å². The molecule has 0 aromatic heterocycles. The number of esters is 1. The minimum Gasteiger partial charge on any atom is -0.469 e. The molecule has 0 bridgehead atoms. The molecule has 0 heterocycles. The lowest BCUT2D eigenvalue weighted by Crippen LogP contribution is -2.02. The van der Waals surface area contributed by atoms with E-state index in [4.69, 9.17) is 11.6 Å². The highest BCUT2D eigenvalue weighted by molar-refractivity contribution is 6.19. The van der Waals surface area contributed by atoms with Gasteiger partial charge in [-0.1, -0.05) is 36.4 Å². The second-order valence-corrected chi connectivity index (χ2v) is 3.64. The molecule has 3 heteroatoms. The first-order valence-electron chi connectivity index (χ1n) is 5.15. The lowest BCUT2D eigenvalue weighted by molar-refractivity contribution is -0.140. The number of alkyl halides is 1. The van der Waals surface area contributed by atoms with Crippen LogP contribution in [0, 0.1) is 0 Å². The van der Waals surface area contributed by atoms with E-state index in [-0.39, 0.29) is 5.97 Å². The fraction of sp³-hybridized carbons (Fsp3) is 0.308. The van der Waals surface area contributed by atoms with Gasteiger partial charge in [-0.25, -0.2) is 0 Å². The van der Waals surface area contributed by atoms with Crippen LogP contribution in [0.4, 0.5) is 0 Å². The van der Waals surface area contributed by atoms with Gasteiger partial charge in [-0.3, -0.25) is 4.79 Å². The highest BCUT2D eigenvalue weighted by atomic mass is 35.5. The second kappa shape index (κ2) is 7.07. The monoisotopic (exact) mass is 238 g/mol. The maximum absolute atomic E-state index is 11.0. The summed E-state index contributed by atoms with van der Waals surface area (Å²) in [4.78, 5) is 11.0. The number of methoxy groups -OCH3 is 1. The van der Waals surface area contributed by atoms with Gasteiger partial charge in [0.2, 0.25) is 0 Å². The number of aryl methyl sites for hydroxylation is 1. The predicted octanol–water partition coefficient (Wildman–Crippen LogP) is 3.04. The third-order valence-corrected chi connectivity index (χ3v) is 2.45. The molecule has 1 aromatic rings. The number of halogens is 1. The highest BCUT2D eigenvalue weighted by Crippen LogP contribution is 2.13. The van der Waals surface area contributed by atoms with Gasteiger partial charge in [-0.05, 0) is 17.5 Å². The molecule has 0 fully saturated rings. The Kier molecular flexibility index (Phi) is 5.65. The summed E-state index contributed by atoms with van der Waals surface area (Å²) in [5, 5.41) is 0. The summed E-state index contributed by atoms with van der Waals surface area (Å²) in [7, 11) is 1.40. The smallest absolute Gasteiger partial charge is 0.305 e. The molecule has 0 aliphatic rings. The van der Waals surface area contributed by atoms with Gasteiger partial charge in [0.25, 0.3) is 0 Å². The van der Waals surface area contributed by atoms with Crippen LogP contribution in [-0.2, 0) is 16.0 Å². The molecule has 0 saturated heterocycles. The fourth-order valence-electron chi connectivity index (χ4n) is 1.43. The lowest BCUT2D eigenvalue weighted by atomic mass is 10.0. The third kappa shape index (κ3) is 4.07. The molecule has 0 saturated carbocycles. The normalized spacial score (nSPS) is 10.6. The zero-order chi connectivity index (χ0) is 11.8. The summed E-state index contributed by atoms with van der Waals surface area (Å²) in [6, 6.07) is 7.95. The Morgan fingerprint density at radius 3 is 2.88 bits per heavy atom. The van der Waals surface area contributed by atoms with Gasteiger partial charge < -0.3 is 4.74 Å². The van der Waals surface area contributed by atoms with Crippen molar-refractivity contribution in [2.75, 3.05) is 13.0 Å². The zero-order valence-corrected chi connectivity index (χ0v) is 10.0. The Bertz CT molecular complexity index is 372. The average molecular weight is 239 g/mol. The van der Waals surface area contributed by atoms with Crippen molar-refractivity contribution in [3.8, 4) is 0 Å². The molecular weight excluding hydrogens is 224 g/mol. The van der Waals surface area contributed by atoms with Crippen LogP contribution in [0.1, 0.15) is 17.5 Å². The lowest BCUT2D eigenvalue weighted by Gasteiger charge is -2.04. The van der Waals surface area contributed by atoms with Crippen LogP contribution in [0.2, 0.25) is 0 Å². The number of allylic oxidation sites excluding steroid dienone is 1. The number of rotatable bonds is 5. The van der Waals surface area contributed by atoms with E-state index in [1.165, 1.54) is 7.11 Å². The Hall–Kier alpha value is -1.28. The van der Waals surface area contributed by atoms with Crippen molar-refractivity contribution >= 4 is 23.6 Å². The van der Waals surface area contributed by atoms with E-state index in [2.05, 4.69) is 4.74 Å². The molecule has 0 amide bonds. The molecule has 2 nitrogen and oxygen atoms in total. The zero-order valence-electron chi connectivity index (χ0n) is 9.28. The topological polar surface area (TPSA) is 26.3 Å². The Balaban J connectivity index is 2.71.